The summed E-state index contributed by atoms with van der Waals surface area (Å²) in [7, 11) is 0. The predicted molar refractivity (Wildman–Crippen MR) is 77.6 cm³/mol. The van der Waals surface area contributed by atoms with Gasteiger partial charge in [-0.25, -0.2) is 9.97 Å². The molecule has 0 fully saturated rings. The first-order valence-corrected chi connectivity index (χ1v) is 7.16. The topological polar surface area (TPSA) is 61.6 Å². The highest BCUT2D eigenvalue weighted by Crippen LogP contribution is 2.16. The summed E-state index contributed by atoms with van der Waals surface area (Å²) in [6, 6.07) is 5.40. The number of halogens is 1. The van der Waals surface area contributed by atoms with Gasteiger partial charge in [-0.05, 0) is 18.6 Å². The van der Waals surface area contributed by atoms with Gasteiger partial charge in [0.15, 0.2) is 5.69 Å². The number of aryl methyl sites for hydroxylation is 1. The summed E-state index contributed by atoms with van der Waals surface area (Å²) in [5, 5.41) is 13.5. The highest BCUT2D eigenvalue weighted by Gasteiger charge is 2.04. The van der Waals surface area contributed by atoms with E-state index in [9.17, 15) is 0 Å². The van der Waals surface area contributed by atoms with Crippen LogP contribution in [0.15, 0.2) is 18.3 Å². The summed E-state index contributed by atoms with van der Waals surface area (Å²) >= 11 is 7.56. The number of nitrogens with zero attached hydrogens (tertiary/aromatic N) is 3. The molecule has 0 aliphatic rings. The van der Waals surface area contributed by atoms with Crippen LogP contribution in [0.3, 0.4) is 0 Å². The molecule has 0 bridgehead atoms. The van der Waals surface area contributed by atoms with E-state index in [4.69, 9.17) is 16.9 Å². The lowest BCUT2D eigenvalue weighted by atomic mass is 10.3. The average molecular weight is 293 g/mol. The van der Waals surface area contributed by atoms with Gasteiger partial charge >= 0.3 is 0 Å². The van der Waals surface area contributed by atoms with E-state index in [1.165, 1.54) is 4.88 Å². The van der Waals surface area contributed by atoms with Gasteiger partial charge in [-0.1, -0.05) is 18.5 Å². The number of hydrogen-bond acceptors (Lipinski definition) is 5. The minimum Gasteiger partial charge on any atom is -0.370 e. The van der Waals surface area contributed by atoms with Crippen LogP contribution in [0.1, 0.15) is 22.5 Å². The standard InChI is InChI=1S/C13H13ClN4S/c1-2-9-8-17-13(19-9)5-6-16-12-4-3-10(14)11(7-15)18-12/h3-4,8H,2,5-6H2,1H3,(H,16,18). The maximum Gasteiger partial charge on any atom is 0.161 e. The first kappa shape index (κ1) is 13.8. The fraction of sp³-hybridized carbons (Fsp3) is 0.308. The van der Waals surface area contributed by atoms with E-state index >= 15 is 0 Å². The minimum absolute atomic E-state index is 0.245. The van der Waals surface area contributed by atoms with E-state index in [2.05, 4.69) is 22.2 Å². The molecule has 0 saturated carbocycles. The van der Waals surface area contributed by atoms with Crippen LogP contribution in [-0.4, -0.2) is 16.5 Å². The molecule has 2 rings (SSSR count). The molecule has 19 heavy (non-hydrogen) atoms. The van der Waals surface area contributed by atoms with Crippen molar-refractivity contribution in [1.29, 1.82) is 5.26 Å². The zero-order chi connectivity index (χ0) is 13.7. The van der Waals surface area contributed by atoms with Crippen molar-refractivity contribution >= 4 is 28.8 Å². The van der Waals surface area contributed by atoms with Gasteiger partial charge in [0.1, 0.15) is 11.9 Å². The van der Waals surface area contributed by atoms with E-state index < -0.39 is 0 Å². The molecule has 4 nitrogen and oxygen atoms in total. The van der Waals surface area contributed by atoms with Crippen molar-refractivity contribution in [3.63, 3.8) is 0 Å². The van der Waals surface area contributed by atoms with Crippen LogP contribution < -0.4 is 5.32 Å². The Kier molecular flexibility index (Phi) is 4.72. The second kappa shape index (κ2) is 6.50. The van der Waals surface area contributed by atoms with E-state index in [0.717, 1.165) is 24.4 Å². The second-order valence-corrected chi connectivity index (χ2v) is 5.50. The van der Waals surface area contributed by atoms with Crippen LogP contribution in [-0.2, 0) is 12.8 Å². The Hall–Kier alpha value is -1.64. The van der Waals surface area contributed by atoms with Crippen LogP contribution in [0, 0.1) is 11.3 Å². The van der Waals surface area contributed by atoms with E-state index in [1.807, 2.05) is 12.3 Å². The SMILES string of the molecule is CCc1cnc(CCNc2ccc(Cl)c(C#N)n2)s1. The van der Waals surface area contributed by atoms with Gasteiger partial charge in [-0.2, -0.15) is 5.26 Å². The summed E-state index contributed by atoms with van der Waals surface area (Å²) in [5.74, 6) is 0.660. The molecular weight excluding hydrogens is 280 g/mol. The number of rotatable bonds is 5. The zero-order valence-electron chi connectivity index (χ0n) is 10.5. The first-order chi connectivity index (χ1) is 9.22. The van der Waals surface area contributed by atoms with E-state index in [0.29, 0.717) is 10.8 Å². The average Bonchev–Trinajstić information content (AvgIpc) is 2.88. The number of thiazole rings is 1. The third-order valence-corrected chi connectivity index (χ3v) is 4.05. The van der Waals surface area contributed by atoms with Crippen molar-refractivity contribution in [3.05, 3.63) is 38.9 Å². The summed E-state index contributed by atoms with van der Waals surface area (Å²) in [6.45, 7) is 2.85. The smallest absolute Gasteiger partial charge is 0.161 e. The number of pyridine rings is 1. The van der Waals surface area contributed by atoms with Gasteiger partial charge in [-0.3, -0.25) is 0 Å². The van der Waals surface area contributed by atoms with Gasteiger partial charge in [0.25, 0.3) is 0 Å². The number of hydrogen-bond donors (Lipinski definition) is 1. The number of nitriles is 1. The summed E-state index contributed by atoms with van der Waals surface area (Å²) in [4.78, 5) is 9.77. The van der Waals surface area contributed by atoms with Crippen LogP contribution in [0.2, 0.25) is 5.02 Å². The van der Waals surface area contributed by atoms with Crippen LogP contribution in [0.25, 0.3) is 0 Å². The fourth-order valence-electron chi connectivity index (χ4n) is 1.54. The normalized spacial score (nSPS) is 10.2. The molecule has 0 spiro atoms. The molecule has 6 heteroatoms. The van der Waals surface area contributed by atoms with E-state index in [1.54, 1.807) is 23.5 Å². The maximum absolute atomic E-state index is 8.84. The van der Waals surface area contributed by atoms with Gasteiger partial charge in [-0.15, -0.1) is 11.3 Å². The molecule has 0 radical (unpaired) electrons. The van der Waals surface area contributed by atoms with Crippen LogP contribution in [0.5, 0.6) is 0 Å². The highest BCUT2D eigenvalue weighted by molar-refractivity contribution is 7.11. The summed E-state index contributed by atoms with van der Waals surface area (Å²) in [6.07, 6.45) is 3.79. The monoisotopic (exact) mass is 292 g/mol. The fourth-order valence-corrected chi connectivity index (χ4v) is 2.55. The number of nitrogens with one attached hydrogen (secondary N) is 1. The van der Waals surface area contributed by atoms with Crippen molar-refractivity contribution in [3.8, 4) is 6.07 Å². The van der Waals surface area contributed by atoms with Gasteiger partial charge in [0.05, 0.1) is 10.0 Å². The minimum atomic E-state index is 0.245. The van der Waals surface area contributed by atoms with Crippen LogP contribution in [0.4, 0.5) is 5.82 Å². The Morgan fingerprint density at radius 1 is 1.47 bits per heavy atom. The molecule has 0 aromatic carbocycles. The molecule has 0 saturated heterocycles. The van der Waals surface area contributed by atoms with Crippen molar-refractivity contribution < 1.29 is 0 Å². The third kappa shape index (κ3) is 3.66. The zero-order valence-corrected chi connectivity index (χ0v) is 12.1. The van der Waals surface area contributed by atoms with Crippen molar-refractivity contribution in [2.45, 2.75) is 19.8 Å². The lowest BCUT2D eigenvalue weighted by molar-refractivity contribution is 0.985. The second-order valence-electron chi connectivity index (χ2n) is 3.89. The number of aromatic nitrogens is 2. The highest BCUT2D eigenvalue weighted by atomic mass is 35.5. The van der Waals surface area contributed by atoms with Gasteiger partial charge in [0, 0.05) is 24.0 Å². The van der Waals surface area contributed by atoms with Gasteiger partial charge in [0.2, 0.25) is 0 Å². The van der Waals surface area contributed by atoms with Crippen molar-refractivity contribution in [1.82, 2.24) is 9.97 Å². The Morgan fingerprint density at radius 3 is 3.00 bits per heavy atom. The molecule has 0 amide bonds. The number of anilines is 1. The molecule has 2 aromatic heterocycles. The van der Waals surface area contributed by atoms with Crippen LogP contribution >= 0.6 is 22.9 Å². The summed E-state index contributed by atoms with van der Waals surface area (Å²) < 4.78 is 0. The quantitative estimate of drug-likeness (QED) is 0.918. The third-order valence-electron chi connectivity index (χ3n) is 2.55. The molecule has 0 aliphatic heterocycles. The largest absolute Gasteiger partial charge is 0.370 e. The Bertz CT molecular complexity index is 603. The Labute approximate surface area is 121 Å². The molecule has 0 aliphatic carbocycles. The predicted octanol–water partition coefficient (Wildman–Crippen LogP) is 3.28. The first-order valence-electron chi connectivity index (χ1n) is 5.97. The maximum atomic E-state index is 8.84. The lowest BCUT2D eigenvalue weighted by Gasteiger charge is -2.04. The molecule has 0 unspecified atom stereocenters. The van der Waals surface area contributed by atoms with Crippen molar-refractivity contribution in [2.75, 3.05) is 11.9 Å². The Balaban J connectivity index is 1.90. The van der Waals surface area contributed by atoms with E-state index in [-0.39, 0.29) is 5.69 Å². The molecule has 2 heterocycles. The van der Waals surface area contributed by atoms with Gasteiger partial charge < -0.3 is 5.32 Å². The summed E-state index contributed by atoms with van der Waals surface area (Å²) in [5.41, 5.74) is 0.245. The Morgan fingerprint density at radius 2 is 2.32 bits per heavy atom. The molecular formula is C13H13ClN4S. The molecule has 0 atom stereocenters. The molecule has 98 valence electrons. The molecule has 2 aromatic rings. The van der Waals surface area contributed by atoms with Crippen molar-refractivity contribution in [2.24, 2.45) is 0 Å². The molecule has 1 N–H and O–H groups in total. The lowest BCUT2D eigenvalue weighted by Crippen LogP contribution is -2.06.